The number of carbonyl (C=O) groups excluding carboxylic acids is 1. The second-order valence-corrected chi connectivity index (χ2v) is 8.48. The molecule has 1 aromatic carbocycles. The Morgan fingerprint density at radius 3 is 2.72 bits per heavy atom. The van der Waals surface area contributed by atoms with Crippen LogP contribution in [-0.2, 0) is 14.3 Å². The monoisotopic (exact) mass is 495 g/mol. The first-order chi connectivity index (χ1) is 17.4. The third-order valence-electron chi connectivity index (χ3n) is 5.58. The Bertz CT molecular complexity index is 1230. The molecule has 0 bridgehead atoms. The van der Waals surface area contributed by atoms with Gasteiger partial charge in [-0.25, -0.2) is 19.3 Å². The minimum Gasteiger partial charge on any atom is -0.396 e. The topological polar surface area (TPSA) is 158 Å². The minimum absolute atomic E-state index is 0.0474. The number of nitrogens with zero attached hydrogens (tertiary/aromatic N) is 4. The maximum Gasteiger partial charge on any atom is 0.231 e. The lowest BCUT2D eigenvalue weighted by molar-refractivity contribution is -0.230. The molecule has 0 aliphatic carbocycles. The first-order valence-electron chi connectivity index (χ1n) is 11.4. The molecule has 12 heteroatoms. The molecule has 0 unspecified atom stereocenters. The Hall–Kier alpha value is -3.92. The molecule has 0 saturated carbocycles. The van der Waals surface area contributed by atoms with Crippen LogP contribution < -0.4 is 10.6 Å². The van der Waals surface area contributed by atoms with E-state index >= 15 is 0 Å². The number of anilines is 1. The molecular weight excluding hydrogens is 469 g/mol. The fourth-order valence-electron chi connectivity index (χ4n) is 3.60. The van der Waals surface area contributed by atoms with Gasteiger partial charge in [0.15, 0.2) is 5.82 Å². The number of halogens is 1. The van der Waals surface area contributed by atoms with Crippen molar-refractivity contribution in [3.8, 4) is 28.7 Å². The van der Waals surface area contributed by atoms with Crippen LogP contribution in [0.15, 0.2) is 36.5 Å². The number of hydrogen-bond acceptors (Lipinski definition) is 9. The third kappa shape index (κ3) is 5.65. The number of rotatable bonds is 9. The zero-order chi connectivity index (χ0) is 25.5. The van der Waals surface area contributed by atoms with Crippen molar-refractivity contribution in [2.24, 2.45) is 5.41 Å². The summed E-state index contributed by atoms with van der Waals surface area (Å²) in [6.07, 6.45) is 1.27. The van der Waals surface area contributed by atoms with Gasteiger partial charge in [-0.3, -0.25) is 4.79 Å². The number of ether oxygens (including phenoxy) is 2. The van der Waals surface area contributed by atoms with E-state index in [1.807, 2.05) is 6.07 Å². The van der Waals surface area contributed by atoms with E-state index in [4.69, 9.17) is 19.8 Å². The molecule has 1 fully saturated rings. The minimum atomic E-state index is -0.954. The van der Waals surface area contributed by atoms with Crippen LogP contribution in [0.2, 0.25) is 0 Å². The quantitative estimate of drug-likeness (QED) is 0.258. The highest BCUT2D eigenvalue weighted by molar-refractivity contribution is 5.83. The number of nitrogens with one attached hydrogen (secondary N) is 3. The van der Waals surface area contributed by atoms with Crippen molar-refractivity contribution < 1.29 is 23.8 Å². The van der Waals surface area contributed by atoms with Crippen LogP contribution >= 0.6 is 0 Å². The summed E-state index contributed by atoms with van der Waals surface area (Å²) in [7, 11) is 0. The number of aromatic nitrogens is 4. The van der Waals surface area contributed by atoms with Gasteiger partial charge in [0, 0.05) is 24.9 Å². The molecule has 36 heavy (non-hydrogen) atoms. The number of benzene rings is 1. The van der Waals surface area contributed by atoms with Crippen LogP contribution in [0.1, 0.15) is 25.5 Å². The van der Waals surface area contributed by atoms with E-state index in [0.29, 0.717) is 47.4 Å². The lowest BCUT2D eigenvalue weighted by Crippen LogP contribution is -2.48. The van der Waals surface area contributed by atoms with Gasteiger partial charge in [-0.2, -0.15) is 5.26 Å². The largest absolute Gasteiger partial charge is 0.396 e. The van der Waals surface area contributed by atoms with Crippen molar-refractivity contribution in [2.75, 3.05) is 38.2 Å². The van der Waals surface area contributed by atoms with Gasteiger partial charge in [0.1, 0.15) is 12.4 Å². The molecule has 4 N–H and O–H groups in total. The first-order valence-corrected chi connectivity index (χ1v) is 11.4. The van der Waals surface area contributed by atoms with E-state index in [1.54, 1.807) is 31.3 Å². The highest BCUT2D eigenvalue weighted by atomic mass is 19.1. The molecule has 0 radical (unpaired) electrons. The number of amides is 1. The van der Waals surface area contributed by atoms with Crippen molar-refractivity contribution >= 4 is 11.9 Å². The highest BCUT2D eigenvalue weighted by Gasteiger charge is 2.40. The molecular formula is C24H26FN7O4. The van der Waals surface area contributed by atoms with Gasteiger partial charge < -0.3 is 30.2 Å². The molecule has 0 spiro atoms. The highest BCUT2D eigenvalue weighted by Crippen LogP contribution is 2.35. The Labute approximate surface area is 206 Å². The van der Waals surface area contributed by atoms with Crippen LogP contribution in [0.3, 0.4) is 0 Å². The smallest absolute Gasteiger partial charge is 0.231 e. The predicted octanol–water partition coefficient (Wildman–Crippen LogP) is 2.16. The molecule has 188 valence electrons. The number of imidazole rings is 1. The summed E-state index contributed by atoms with van der Waals surface area (Å²) in [5.74, 6) is 0.0295. The van der Waals surface area contributed by atoms with Crippen LogP contribution in [0.25, 0.3) is 22.6 Å². The molecule has 2 aromatic heterocycles. The van der Waals surface area contributed by atoms with E-state index in [1.165, 1.54) is 12.1 Å². The molecule has 3 heterocycles. The Morgan fingerprint density at radius 1 is 1.28 bits per heavy atom. The summed E-state index contributed by atoms with van der Waals surface area (Å²) in [5, 5.41) is 23.3. The fraction of sp³-hybridized carbons (Fsp3) is 0.375. The Kier molecular flexibility index (Phi) is 7.84. The van der Waals surface area contributed by atoms with E-state index < -0.39 is 11.7 Å². The van der Waals surface area contributed by atoms with Crippen LogP contribution in [-0.4, -0.2) is 63.9 Å². The summed E-state index contributed by atoms with van der Waals surface area (Å²) < 4.78 is 25.3. The summed E-state index contributed by atoms with van der Waals surface area (Å²) in [5.41, 5.74) is 1.29. The molecule has 1 aliphatic heterocycles. The normalized spacial score (nSPS) is 19.4. The molecule has 1 aliphatic rings. The Morgan fingerprint density at radius 2 is 2.03 bits per heavy atom. The number of H-pyrrole nitrogens is 1. The number of aliphatic hydroxyl groups is 1. The lowest BCUT2D eigenvalue weighted by atomic mass is 9.91. The van der Waals surface area contributed by atoms with Crippen LogP contribution in [0.4, 0.5) is 10.3 Å². The maximum atomic E-state index is 13.6. The average Bonchev–Trinajstić information content (AvgIpc) is 3.34. The number of hydrogen-bond donors (Lipinski definition) is 4. The van der Waals surface area contributed by atoms with E-state index in [-0.39, 0.29) is 38.1 Å². The molecule has 0 atom stereocenters. The van der Waals surface area contributed by atoms with Gasteiger partial charge in [0.05, 0.1) is 41.8 Å². The molecule has 1 amide bonds. The van der Waals surface area contributed by atoms with Crippen LogP contribution in [0.5, 0.6) is 0 Å². The summed E-state index contributed by atoms with van der Waals surface area (Å²) >= 11 is 0. The standard InChI is InChI=1S/C24H26FN7O4/c1-24(22(34)27-11-8-26)13-35-21(36-14-24)20-31-18(15-3-5-16(25)6-4-15)19(32-20)17-7-10-29-23(30-17)28-9-2-12-33/h3-7,10,21,33H,2,9,11-14H2,1H3,(H,27,34)(H,31,32)(H,28,29,30). The summed E-state index contributed by atoms with van der Waals surface area (Å²) in [4.78, 5) is 29.0. The molecule has 1 saturated heterocycles. The first kappa shape index (κ1) is 25.2. The lowest BCUT2D eigenvalue weighted by Gasteiger charge is -2.35. The SMILES string of the molecule is CC1(C(=O)NCC#N)COC(c2nc(-c3ccc(F)cc3)c(-c3ccnc(NCCCO)n3)[nH]2)OC1. The Balaban J connectivity index is 1.62. The molecule has 11 nitrogen and oxygen atoms in total. The fourth-order valence-corrected chi connectivity index (χ4v) is 3.60. The zero-order valence-electron chi connectivity index (χ0n) is 19.6. The van der Waals surface area contributed by atoms with Crippen LogP contribution in [0, 0.1) is 22.6 Å². The number of nitriles is 1. The number of aromatic amines is 1. The van der Waals surface area contributed by atoms with Gasteiger partial charge in [0.25, 0.3) is 0 Å². The second kappa shape index (κ2) is 11.2. The number of carbonyl (C=O) groups is 1. The summed E-state index contributed by atoms with van der Waals surface area (Å²) in [6, 6.07) is 9.49. The van der Waals surface area contributed by atoms with Crippen molar-refractivity contribution in [3.05, 3.63) is 48.2 Å². The van der Waals surface area contributed by atoms with E-state index in [0.717, 1.165) is 0 Å². The second-order valence-electron chi connectivity index (χ2n) is 8.48. The molecule has 3 aromatic rings. The summed E-state index contributed by atoms with van der Waals surface area (Å²) in [6.45, 7) is 2.26. The van der Waals surface area contributed by atoms with Gasteiger partial charge >= 0.3 is 0 Å². The van der Waals surface area contributed by atoms with E-state index in [9.17, 15) is 9.18 Å². The van der Waals surface area contributed by atoms with Gasteiger partial charge in [-0.1, -0.05) is 0 Å². The average molecular weight is 496 g/mol. The third-order valence-corrected chi connectivity index (χ3v) is 5.58. The van der Waals surface area contributed by atoms with Gasteiger partial charge in [-0.15, -0.1) is 0 Å². The van der Waals surface area contributed by atoms with Gasteiger partial charge in [-0.05, 0) is 43.7 Å². The predicted molar refractivity (Wildman–Crippen MR) is 127 cm³/mol. The van der Waals surface area contributed by atoms with E-state index in [2.05, 4.69) is 30.6 Å². The van der Waals surface area contributed by atoms with Crippen molar-refractivity contribution in [2.45, 2.75) is 19.6 Å². The van der Waals surface area contributed by atoms with Crippen molar-refractivity contribution in [1.82, 2.24) is 25.3 Å². The van der Waals surface area contributed by atoms with Crippen molar-refractivity contribution in [1.29, 1.82) is 5.26 Å². The zero-order valence-corrected chi connectivity index (χ0v) is 19.6. The molecule has 4 rings (SSSR count). The van der Waals surface area contributed by atoms with Gasteiger partial charge in [0.2, 0.25) is 18.1 Å². The number of aliphatic hydroxyl groups excluding tert-OH is 1. The maximum absolute atomic E-state index is 13.6. The van der Waals surface area contributed by atoms with Crippen molar-refractivity contribution in [3.63, 3.8) is 0 Å².